The van der Waals surface area contributed by atoms with Crippen molar-refractivity contribution in [3.63, 3.8) is 0 Å². The number of rotatable bonds is 3. The van der Waals surface area contributed by atoms with Crippen molar-refractivity contribution in [2.75, 3.05) is 23.4 Å². The van der Waals surface area contributed by atoms with E-state index in [1.165, 1.54) is 12.1 Å². The summed E-state index contributed by atoms with van der Waals surface area (Å²) in [5.41, 5.74) is 0.777. The van der Waals surface area contributed by atoms with Crippen molar-refractivity contribution in [2.24, 2.45) is 0 Å². The van der Waals surface area contributed by atoms with Gasteiger partial charge >= 0.3 is 0 Å². The normalized spacial score (nSPS) is 21.4. The van der Waals surface area contributed by atoms with E-state index >= 15 is 0 Å². The van der Waals surface area contributed by atoms with Gasteiger partial charge in [-0.2, -0.15) is 0 Å². The lowest BCUT2D eigenvalue weighted by atomic mass is 10.1. The summed E-state index contributed by atoms with van der Waals surface area (Å²) in [6, 6.07) is 4.06. The van der Waals surface area contributed by atoms with Gasteiger partial charge < -0.3 is 10.6 Å². The predicted octanol–water partition coefficient (Wildman–Crippen LogP) is 0.849. The standard InChI is InChI=1S/C13H17FN2O3S/c1-9-11(14)3-2-4-12(9)16-13(17)7-10-8-20(18,19)6-5-15-10/h2-4,10,15H,5-8H2,1H3,(H,16,17). The van der Waals surface area contributed by atoms with Crippen LogP contribution in [0.25, 0.3) is 0 Å². The first kappa shape index (κ1) is 14.9. The molecule has 0 radical (unpaired) electrons. The molecule has 5 nitrogen and oxygen atoms in total. The third-order valence-corrected chi connectivity index (χ3v) is 5.01. The molecular weight excluding hydrogens is 283 g/mol. The van der Waals surface area contributed by atoms with Gasteiger partial charge in [0.15, 0.2) is 9.84 Å². The third-order valence-electron chi connectivity index (χ3n) is 3.27. The predicted molar refractivity (Wildman–Crippen MR) is 74.8 cm³/mol. The van der Waals surface area contributed by atoms with Gasteiger partial charge in [0.1, 0.15) is 5.82 Å². The van der Waals surface area contributed by atoms with Gasteiger partial charge in [0.2, 0.25) is 5.91 Å². The Labute approximate surface area is 117 Å². The fourth-order valence-electron chi connectivity index (χ4n) is 2.17. The van der Waals surface area contributed by atoms with Crippen molar-refractivity contribution in [3.05, 3.63) is 29.6 Å². The van der Waals surface area contributed by atoms with Crippen LogP contribution in [-0.4, -0.2) is 38.4 Å². The molecule has 1 atom stereocenters. The quantitative estimate of drug-likeness (QED) is 0.868. The smallest absolute Gasteiger partial charge is 0.225 e. The Bertz CT molecular complexity index is 616. The summed E-state index contributed by atoms with van der Waals surface area (Å²) >= 11 is 0. The van der Waals surface area contributed by atoms with Crippen molar-refractivity contribution in [3.8, 4) is 0 Å². The Balaban J connectivity index is 1.97. The van der Waals surface area contributed by atoms with Crippen molar-refractivity contribution >= 4 is 21.4 Å². The molecule has 1 aliphatic rings. The number of hydrogen-bond donors (Lipinski definition) is 2. The molecule has 0 aromatic heterocycles. The number of halogens is 1. The van der Waals surface area contributed by atoms with E-state index in [-0.39, 0.29) is 35.7 Å². The van der Waals surface area contributed by atoms with Crippen LogP contribution >= 0.6 is 0 Å². The van der Waals surface area contributed by atoms with Gasteiger partial charge in [-0.05, 0) is 19.1 Å². The molecule has 1 aliphatic heterocycles. The van der Waals surface area contributed by atoms with Crippen molar-refractivity contribution < 1.29 is 17.6 Å². The van der Waals surface area contributed by atoms with Gasteiger partial charge in [-0.1, -0.05) is 6.07 Å². The number of carbonyl (C=O) groups excluding carboxylic acids is 1. The van der Waals surface area contributed by atoms with Gasteiger partial charge in [-0.25, -0.2) is 12.8 Å². The number of carbonyl (C=O) groups is 1. The highest BCUT2D eigenvalue weighted by atomic mass is 32.2. The number of amides is 1. The van der Waals surface area contributed by atoms with E-state index in [0.717, 1.165) is 0 Å². The molecule has 1 aromatic rings. The average molecular weight is 300 g/mol. The fraction of sp³-hybridized carbons (Fsp3) is 0.462. The van der Waals surface area contributed by atoms with Crippen molar-refractivity contribution in [2.45, 2.75) is 19.4 Å². The van der Waals surface area contributed by atoms with Crippen molar-refractivity contribution in [1.82, 2.24) is 5.32 Å². The van der Waals surface area contributed by atoms with E-state index in [0.29, 0.717) is 17.8 Å². The Kier molecular flexibility index (Phi) is 4.39. The maximum Gasteiger partial charge on any atom is 0.225 e. The van der Waals surface area contributed by atoms with Crippen LogP contribution in [-0.2, 0) is 14.6 Å². The molecule has 1 amide bonds. The Morgan fingerprint density at radius 1 is 1.50 bits per heavy atom. The van der Waals surface area contributed by atoms with Crippen LogP contribution in [0.4, 0.5) is 10.1 Å². The lowest BCUT2D eigenvalue weighted by molar-refractivity contribution is -0.116. The van der Waals surface area contributed by atoms with E-state index < -0.39 is 9.84 Å². The number of benzene rings is 1. The Morgan fingerprint density at radius 2 is 2.25 bits per heavy atom. The molecule has 1 aromatic carbocycles. The molecule has 110 valence electrons. The van der Waals surface area contributed by atoms with Crippen LogP contribution in [0.3, 0.4) is 0 Å². The van der Waals surface area contributed by atoms with Crippen molar-refractivity contribution in [1.29, 1.82) is 0 Å². The Morgan fingerprint density at radius 3 is 2.95 bits per heavy atom. The Hall–Kier alpha value is -1.47. The summed E-state index contributed by atoms with van der Waals surface area (Å²) in [6.07, 6.45) is 0.0508. The molecule has 1 unspecified atom stereocenters. The minimum Gasteiger partial charge on any atom is -0.326 e. The minimum absolute atomic E-state index is 0.0391. The maximum atomic E-state index is 13.3. The van der Waals surface area contributed by atoms with Gasteiger partial charge in [0.25, 0.3) is 0 Å². The molecule has 0 bridgehead atoms. The zero-order valence-electron chi connectivity index (χ0n) is 11.1. The largest absolute Gasteiger partial charge is 0.326 e. The van der Waals surface area contributed by atoms with Gasteiger partial charge in [0, 0.05) is 30.3 Å². The first-order valence-corrected chi connectivity index (χ1v) is 8.18. The van der Waals surface area contributed by atoms with E-state index in [9.17, 15) is 17.6 Å². The van der Waals surface area contributed by atoms with Crippen LogP contribution < -0.4 is 10.6 Å². The second-order valence-corrected chi connectivity index (χ2v) is 7.16. The van der Waals surface area contributed by atoms with E-state index in [1.54, 1.807) is 13.0 Å². The van der Waals surface area contributed by atoms with Gasteiger partial charge in [-0.3, -0.25) is 4.79 Å². The van der Waals surface area contributed by atoms with Gasteiger partial charge in [0.05, 0.1) is 11.5 Å². The second kappa shape index (κ2) is 5.88. The zero-order chi connectivity index (χ0) is 14.8. The first-order valence-electron chi connectivity index (χ1n) is 6.36. The lowest BCUT2D eigenvalue weighted by Crippen LogP contribution is -2.46. The molecule has 0 saturated carbocycles. The maximum absolute atomic E-state index is 13.3. The van der Waals surface area contributed by atoms with Crippen LogP contribution in [0.2, 0.25) is 0 Å². The second-order valence-electron chi connectivity index (χ2n) is 4.93. The highest BCUT2D eigenvalue weighted by Gasteiger charge is 2.26. The highest BCUT2D eigenvalue weighted by molar-refractivity contribution is 7.91. The van der Waals surface area contributed by atoms with E-state index in [2.05, 4.69) is 10.6 Å². The third kappa shape index (κ3) is 3.77. The number of anilines is 1. The molecule has 0 aliphatic carbocycles. The summed E-state index contributed by atoms with van der Waals surface area (Å²) < 4.78 is 36.3. The topological polar surface area (TPSA) is 75.3 Å². The summed E-state index contributed by atoms with van der Waals surface area (Å²) in [5.74, 6) is -0.647. The highest BCUT2D eigenvalue weighted by Crippen LogP contribution is 2.18. The zero-order valence-corrected chi connectivity index (χ0v) is 12.0. The molecule has 7 heteroatoms. The molecule has 1 heterocycles. The molecule has 0 spiro atoms. The molecule has 2 rings (SSSR count). The first-order chi connectivity index (χ1) is 9.37. The van der Waals surface area contributed by atoms with Crippen LogP contribution in [0.15, 0.2) is 18.2 Å². The monoisotopic (exact) mass is 300 g/mol. The van der Waals surface area contributed by atoms with E-state index in [1.807, 2.05) is 0 Å². The van der Waals surface area contributed by atoms with Crippen LogP contribution in [0, 0.1) is 12.7 Å². The fourth-order valence-corrected chi connectivity index (χ4v) is 3.61. The van der Waals surface area contributed by atoms with Gasteiger partial charge in [-0.15, -0.1) is 0 Å². The summed E-state index contributed by atoms with van der Waals surface area (Å²) in [6.45, 7) is 1.94. The van der Waals surface area contributed by atoms with Crippen LogP contribution in [0.5, 0.6) is 0 Å². The summed E-state index contributed by atoms with van der Waals surface area (Å²) in [4.78, 5) is 11.9. The molecule has 2 N–H and O–H groups in total. The summed E-state index contributed by atoms with van der Waals surface area (Å²) in [5, 5.41) is 5.62. The number of sulfone groups is 1. The molecule has 20 heavy (non-hydrogen) atoms. The molecular formula is C13H17FN2O3S. The number of nitrogens with one attached hydrogen (secondary N) is 2. The minimum atomic E-state index is -3.07. The van der Waals surface area contributed by atoms with Crippen LogP contribution in [0.1, 0.15) is 12.0 Å². The SMILES string of the molecule is Cc1c(F)cccc1NC(=O)CC1CS(=O)(=O)CCN1. The number of hydrogen-bond acceptors (Lipinski definition) is 4. The lowest BCUT2D eigenvalue weighted by Gasteiger charge is -2.23. The summed E-state index contributed by atoms with van der Waals surface area (Å²) in [7, 11) is -3.07. The molecule has 1 fully saturated rings. The molecule has 1 saturated heterocycles. The van der Waals surface area contributed by atoms with E-state index in [4.69, 9.17) is 0 Å². The average Bonchev–Trinajstić information content (AvgIpc) is 2.33.